The first-order valence-corrected chi connectivity index (χ1v) is 25.1. The lowest BCUT2D eigenvalue weighted by Crippen LogP contribution is -2.30. The summed E-state index contributed by atoms with van der Waals surface area (Å²) in [6.07, 6.45) is 56.6. The van der Waals surface area contributed by atoms with Gasteiger partial charge in [-0.2, -0.15) is 0 Å². The van der Waals surface area contributed by atoms with Crippen molar-refractivity contribution in [3.63, 3.8) is 0 Å². The Bertz CT molecular complexity index is 1040. The van der Waals surface area contributed by atoms with Crippen LogP contribution in [0.3, 0.4) is 0 Å². The number of carbonyl (C=O) groups excluding carboxylic acids is 3. The van der Waals surface area contributed by atoms with Crippen LogP contribution >= 0.6 is 0 Å². The van der Waals surface area contributed by atoms with Crippen molar-refractivity contribution in [1.82, 2.24) is 0 Å². The third-order valence-corrected chi connectivity index (χ3v) is 10.8. The average molecular weight is 827 g/mol. The molecule has 342 valence electrons. The van der Waals surface area contributed by atoms with Crippen molar-refractivity contribution in [2.75, 3.05) is 13.2 Å². The van der Waals surface area contributed by atoms with E-state index in [0.29, 0.717) is 19.3 Å². The van der Waals surface area contributed by atoms with Gasteiger partial charge < -0.3 is 14.2 Å². The molecular formula is C53H94O6. The first-order chi connectivity index (χ1) is 29.0. The van der Waals surface area contributed by atoms with Gasteiger partial charge in [0.05, 0.1) is 0 Å². The van der Waals surface area contributed by atoms with Crippen LogP contribution in [0.5, 0.6) is 0 Å². The molecule has 0 spiro atoms. The van der Waals surface area contributed by atoms with E-state index >= 15 is 0 Å². The van der Waals surface area contributed by atoms with Gasteiger partial charge in [0.1, 0.15) is 13.2 Å². The molecule has 0 amide bonds. The van der Waals surface area contributed by atoms with Crippen LogP contribution in [0, 0.1) is 0 Å². The number of hydrogen-bond donors (Lipinski definition) is 0. The molecule has 1 atom stereocenters. The lowest BCUT2D eigenvalue weighted by molar-refractivity contribution is -0.167. The zero-order valence-corrected chi connectivity index (χ0v) is 39.0. The highest BCUT2D eigenvalue weighted by atomic mass is 16.6. The Kier molecular flexibility index (Phi) is 45.9. The second kappa shape index (κ2) is 48.0. The standard InChI is InChI=1S/C53H94O6/c1-4-7-10-13-16-19-22-24-26-28-31-34-37-40-43-46-52(55)58-49-50(48-57-51(54)45-42-39-36-33-30-21-18-15-12-9-6-3)59-53(56)47-44-41-38-35-32-29-27-25-23-20-17-14-11-8-5-2/h15-16,18-19,24,26,31,34,50H,4-14,17,20-23,25,27-30,32-33,35-49H2,1-3H3/b18-15-,19-16-,26-24-,34-31-/t50-/m1/s1. The zero-order chi connectivity index (χ0) is 43.0. The second-order valence-electron chi connectivity index (χ2n) is 16.7. The highest BCUT2D eigenvalue weighted by Crippen LogP contribution is 2.15. The average Bonchev–Trinajstić information content (AvgIpc) is 3.23. The summed E-state index contributed by atoms with van der Waals surface area (Å²) < 4.78 is 16.7. The van der Waals surface area contributed by atoms with Crippen molar-refractivity contribution >= 4 is 17.9 Å². The van der Waals surface area contributed by atoms with Crippen LogP contribution in [0.25, 0.3) is 0 Å². The van der Waals surface area contributed by atoms with Crippen LogP contribution in [0.15, 0.2) is 48.6 Å². The SMILES string of the molecule is CCCC/C=C\CCCCCCCC(=O)OC[C@H](COC(=O)CCCC/C=C\C/C=C\C/C=C\CCCCC)OC(=O)CCCCCCCCCCCCCCCCC. The molecule has 0 aromatic heterocycles. The zero-order valence-electron chi connectivity index (χ0n) is 39.0. The molecule has 0 aromatic carbocycles. The monoisotopic (exact) mass is 827 g/mol. The van der Waals surface area contributed by atoms with Crippen LogP contribution in [0.2, 0.25) is 0 Å². The number of carbonyl (C=O) groups is 3. The summed E-state index contributed by atoms with van der Waals surface area (Å²) in [5.41, 5.74) is 0. The molecule has 0 saturated heterocycles. The topological polar surface area (TPSA) is 78.9 Å². The summed E-state index contributed by atoms with van der Waals surface area (Å²) in [7, 11) is 0. The molecule has 59 heavy (non-hydrogen) atoms. The summed E-state index contributed by atoms with van der Waals surface area (Å²) in [4.78, 5) is 37.9. The Labute approximate surface area is 365 Å². The Hall–Kier alpha value is -2.63. The maximum absolute atomic E-state index is 12.8. The maximum Gasteiger partial charge on any atom is 0.306 e. The number of esters is 3. The number of hydrogen-bond acceptors (Lipinski definition) is 6. The van der Waals surface area contributed by atoms with Gasteiger partial charge in [0.25, 0.3) is 0 Å². The lowest BCUT2D eigenvalue weighted by Gasteiger charge is -2.18. The van der Waals surface area contributed by atoms with Crippen molar-refractivity contribution in [2.45, 2.75) is 258 Å². The fourth-order valence-corrected chi connectivity index (χ4v) is 6.96. The van der Waals surface area contributed by atoms with E-state index in [9.17, 15) is 14.4 Å². The van der Waals surface area contributed by atoms with Gasteiger partial charge in [-0.05, 0) is 77.0 Å². The lowest BCUT2D eigenvalue weighted by atomic mass is 10.0. The number of ether oxygens (including phenoxy) is 3. The van der Waals surface area contributed by atoms with Gasteiger partial charge in [0.2, 0.25) is 0 Å². The van der Waals surface area contributed by atoms with E-state index in [-0.39, 0.29) is 31.1 Å². The van der Waals surface area contributed by atoms with Gasteiger partial charge in [-0.15, -0.1) is 0 Å². The normalized spacial score (nSPS) is 12.4. The van der Waals surface area contributed by atoms with Crippen molar-refractivity contribution in [3.05, 3.63) is 48.6 Å². The minimum Gasteiger partial charge on any atom is -0.462 e. The fraction of sp³-hybridized carbons (Fsp3) is 0.792. The molecule has 6 heteroatoms. The van der Waals surface area contributed by atoms with Crippen LogP contribution in [-0.2, 0) is 28.6 Å². The van der Waals surface area contributed by atoms with E-state index in [1.165, 1.54) is 135 Å². The van der Waals surface area contributed by atoms with E-state index < -0.39 is 6.10 Å². The summed E-state index contributed by atoms with van der Waals surface area (Å²) in [6, 6.07) is 0. The predicted molar refractivity (Wildman–Crippen MR) is 252 cm³/mol. The Morgan fingerprint density at radius 1 is 0.339 bits per heavy atom. The van der Waals surface area contributed by atoms with Gasteiger partial charge in [0.15, 0.2) is 6.10 Å². The number of unbranched alkanes of at least 4 members (excludes halogenated alkanes) is 26. The highest BCUT2D eigenvalue weighted by molar-refractivity contribution is 5.71. The van der Waals surface area contributed by atoms with Gasteiger partial charge in [0, 0.05) is 19.3 Å². The second-order valence-corrected chi connectivity index (χ2v) is 16.7. The Balaban J connectivity index is 4.42. The molecule has 0 aliphatic carbocycles. The number of rotatable bonds is 45. The third-order valence-electron chi connectivity index (χ3n) is 10.8. The van der Waals surface area contributed by atoms with E-state index in [1.807, 2.05) is 0 Å². The van der Waals surface area contributed by atoms with Crippen LogP contribution in [0.4, 0.5) is 0 Å². The predicted octanol–water partition coefficient (Wildman–Crippen LogP) is 16.3. The van der Waals surface area contributed by atoms with E-state index in [0.717, 1.165) is 77.0 Å². The van der Waals surface area contributed by atoms with Crippen molar-refractivity contribution < 1.29 is 28.6 Å². The molecule has 0 rings (SSSR count). The van der Waals surface area contributed by atoms with Gasteiger partial charge in [-0.25, -0.2) is 0 Å². The smallest absolute Gasteiger partial charge is 0.306 e. The molecule has 0 bridgehead atoms. The molecule has 6 nitrogen and oxygen atoms in total. The minimum atomic E-state index is -0.787. The summed E-state index contributed by atoms with van der Waals surface area (Å²) in [6.45, 7) is 6.54. The van der Waals surface area contributed by atoms with Gasteiger partial charge in [-0.1, -0.05) is 204 Å². The summed E-state index contributed by atoms with van der Waals surface area (Å²) >= 11 is 0. The molecule has 0 aromatic rings. The summed E-state index contributed by atoms with van der Waals surface area (Å²) in [5, 5.41) is 0. The first-order valence-electron chi connectivity index (χ1n) is 25.1. The van der Waals surface area contributed by atoms with Crippen LogP contribution in [-0.4, -0.2) is 37.2 Å². The quantitative estimate of drug-likeness (QED) is 0.0263. The molecule has 0 N–H and O–H groups in total. The first kappa shape index (κ1) is 56.4. The number of allylic oxidation sites excluding steroid dienone is 8. The molecule has 0 unspecified atom stereocenters. The van der Waals surface area contributed by atoms with Crippen molar-refractivity contribution in [1.29, 1.82) is 0 Å². The third kappa shape index (κ3) is 46.3. The van der Waals surface area contributed by atoms with Gasteiger partial charge >= 0.3 is 17.9 Å². The highest BCUT2D eigenvalue weighted by Gasteiger charge is 2.19. The van der Waals surface area contributed by atoms with Crippen LogP contribution in [0.1, 0.15) is 252 Å². The molecule has 0 aliphatic heterocycles. The molecular weight excluding hydrogens is 733 g/mol. The van der Waals surface area contributed by atoms with E-state index in [2.05, 4.69) is 69.4 Å². The van der Waals surface area contributed by atoms with Gasteiger partial charge in [-0.3, -0.25) is 14.4 Å². The van der Waals surface area contributed by atoms with Crippen molar-refractivity contribution in [3.8, 4) is 0 Å². The fourth-order valence-electron chi connectivity index (χ4n) is 6.96. The maximum atomic E-state index is 12.8. The van der Waals surface area contributed by atoms with Crippen molar-refractivity contribution in [2.24, 2.45) is 0 Å². The molecule has 0 aliphatic rings. The Morgan fingerprint density at radius 2 is 0.627 bits per heavy atom. The minimum absolute atomic E-state index is 0.0877. The summed E-state index contributed by atoms with van der Waals surface area (Å²) in [5.74, 6) is -0.930. The van der Waals surface area contributed by atoms with Crippen LogP contribution < -0.4 is 0 Å². The Morgan fingerprint density at radius 3 is 1.08 bits per heavy atom. The van der Waals surface area contributed by atoms with E-state index in [4.69, 9.17) is 14.2 Å². The molecule has 0 radical (unpaired) electrons. The molecule has 0 heterocycles. The molecule has 0 fully saturated rings. The largest absolute Gasteiger partial charge is 0.462 e. The molecule has 0 saturated carbocycles. The van der Waals surface area contributed by atoms with E-state index in [1.54, 1.807) is 0 Å².